The third kappa shape index (κ3) is 3.52. The van der Waals surface area contributed by atoms with Crippen LogP contribution in [0, 0.1) is 10.1 Å². The van der Waals surface area contributed by atoms with Gasteiger partial charge in [-0.2, -0.15) is 4.99 Å². The van der Waals surface area contributed by atoms with Gasteiger partial charge >= 0.3 is 0 Å². The van der Waals surface area contributed by atoms with Gasteiger partial charge in [-0.05, 0) is 18.2 Å². The molecule has 144 valence electrons. The summed E-state index contributed by atoms with van der Waals surface area (Å²) in [4.78, 5) is 29.0. The Kier molecular flexibility index (Phi) is 4.68. The zero-order valence-electron chi connectivity index (χ0n) is 14.5. The van der Waals surface area contributed by atoms with Gasteiger partial charge in [0.25, 0.3) is 11.6 Å². The number of fused-ring (bicyclic) bond motifs is 1. The molecule has 0 aliphatic carbocycles. The van der Waals surface area contributed by atoms with Crippen LogP contribution in [0.1, 0.15) is 10.4 Å². The number of benzene rings is 2. The summed E-state index contributed by atoms with van der Waals surface area (Å²) in [6, 6.07) is 14.3. The topological polar surface area (TPSA) is 110 Å². The molecule has 0 spiro atoms. The summed E-state index contributed by atoms with van der Waals surface area (Å²) in [6.07, 6.45) is 0. The fourth-order valence-electron chi connectivity index (χ4n) is 3.36. The minimum Gasteiger partial charge on any atom is -0.316 e. The molecule has 2 aliphatic rings. The number of amides is 1. The molecule has 4 rings (SSSR count). The molecule has 0 unspecified atom stereocenters. The van der Waals surface area contributed by atoms with Crippen molar-refractivity contribution in [2.75, 3.05) is 16.4 Å². The van der Waals surface area contributed by atoms with Crippen LogP contribution in [0.3, 0.4) is 0 Å². The lowest BCUT2D eigenvalue weighted by Crippen LogP contribution is -2.37. The van der Waals surface area contributed by atoms with Crippen molar-refractivity contribution >= 4 is 44.0 Å². The summed E-state index contributed by atoms with van der Waals surface area (Å²) >= 11 is 1.26. The molecule has 2 aliphatic heterocycles. The highest BCUT2D eigenvalue weighted by Crippen LogP contribution is 2.41. The summed E-state index contributed by atoms with van der Waals surface area (Å²) in [5.41, 5.74) is 0.679. The molecule has 28 heavy (non-hydrogen) atoms. The van der Waals surface area contributed by atoms with Gasteiger partial charge in [0.05, 0.1) is 22.5 Å². The summed E-state index contributed by atoms with van der Waals surface area (Å²) < 4.78 is 24.1. The number of rotatable bonds is 3. The standard InChI is InChI=1S/C18H15N3O5S2/c22-17(12-5-4-8-14(9-12)21(23)24)19-18-20(13-6-2-1-3-7-13)15-10-28(25,26)11-16(15)27-18/h1-9,15-16H,10-11H2/t15-,16+/m0/s1. The van der Waals surface area contributed by atoms with E-state index in [9.17, 15) is 23.3 Å². The van der Waals surface area contributed by atoms with Gasteiger partial charge in [0.15, 0.2) is 15.0 Å². The average Bonchev–Trinajstić information content (AvgIpc) is 3.13. The third-order valence-corrected chi connectivity index (χ3v) is 7.81. The van der Waals surface area contributed by atoms with Gasteiger partial charge in [-0.15, -0.1) is 0 Å². The number of nitro benzene ring substituents is 1. The molecule has 0 radical (unpaired) electrons. The van der Waals surface area contributed by atoms with E-state index in [1.54, 1.807) is 4.90 Å². The minimum absolute atomic E-state index is 0.00355. The summed E-state index contributed by atoms with van der Waals surface area (Å²) in [5.74, 6) is -0.561. The van der Waals surface area contributed by atoms with Crippen molar-refractivity contribution in [2.24, 2.45) is 4.99 Å². The number of sulfone groups is 1. The van der Waals surface area contributed by atoms with Crippen LogP contribution in [0.5, 0.6) is 0 Å². The van der Waals surface area contributed by atoms with Crippen molar-refractivity contribution in [2.45, 2.75) is 11.3 Å². The lowest BCUT2D eigenvalue weighted by molar-refractivity contribution is -0.384. The van der Waals surface area contributed by atoms with Crippen molar-refractivity contribution in [3.63, 3.8) is 0 Å². The van der Waals surface area contributed by atoms with Gasteiger partial charge in [0.1, 0.15) is 0 Å². The lowest BCUT2D eigenvalue weighted by Gasteiger charge is -2.24. The van der Waals surface area contributed by atoms with Crippen molar-refractivity contribution in [3.8, 4) is 0 Å². The molecule has 0 saturated carbocycles. The molecule has 10 heteroatoms. The van der Waals surface area contributed by atoms with Crippen molar-refractivity contribution in [1.29, 1.82) is 0 Å². The second-order valence-electron chi connectivity index (χ2n) is 6.51. The molecule has 0 bridgehead atoms. The minimum atomic E-state index is -3.14. The Morgan fingerprint density at radius 2 is 1.89 bits per heavy atom. The Morgan fingerprint density at radius 1 is 1.14 bits per heavy atom. The number of aliphatic imine (C=N–C) groups is 1. The Balaban J connectivity index is 1.70. The molecule has 2 fully saturated rings. The van der Waals surface area contributed by atoms with Crippen molar-refractivity contribution in [1.82, 2.24) is 0 Å². The van der Waals surface area contributed by atoms with Crippen molar-refractivity contribution in [3.05, 3.63) is 70.3 Å². The maximum atomic E-state index is 12.6. The van der Waals surface area contributed by atoms with Gasteiger partial charge in [-0.1, -0.05) is 36.0 Å². The van der Waals surface area contributed by atoms with Gasteiger partial charge < -0.3 is 4.90 Å². The average molecular weight is 417 g/mol. The highest BCUT2D eigenvalue weighted by molar-refractivity contribution is 8.16. The lowest BCUT2D eigenvalue weighted by atomic mass is 10.2. The molecule has 8 nitrogen and oxygen atoms in total. The van der Waals surface area contributed by atoms with E-state index in [1.165, 1.54) is 36.0 Å². The van der Waals surface area contributed by atoms with E-state index in [1.807, 2.05) is 30.3 Å². The molecule has 0 aromatic heterocycles. The molecular formula is C18H15N3O5S2. The predicted molar refractivity (Wildman–Crippen MR) is 108 cm³/mol. The van der Waals surface area contributed by atoms with E-state index >= 15 is 0 Å². The number of non-ortho nitro benzene ring substituents is 1. The third-order valence-electron chi connectivity index (χ3n) is 4.60. The summed E-state index contributed by atoms with van der Waals surface area (Å²) in [6.45, 7) is 0. The van der Waals surface area contributed by atoms with Crippen LogP contribution in [0.2, 0.25) is 0 Å². The maximum absolute atomic E-state index is 12.6. The number of anilines is 1. The second-order valence-corrected chi connectivity index (χ2v) is 9.87. The van der Waals surface area contributed by atoms with Crippen LogP contribution in [-0.4, -0.2) is 47.2 Å². The molecule has 2 atom stereocenters. The first kappa shape index (κ1) is 18.6. The van der Waals surface area contributed by atoms with Gasteiger partial charge in [-0.3, -0.25) is 14.9 Å². The number of hydrogen-bond donors (Lipinski definition) is 0. The molecule has 2 aromatic rings. The number of hydrogen-bond acceptors (Lipinski definition) is 6. The smallest absolute Gasteiger partial charge is 0.279 e. The summed E-state index contributed by atoms with van der Waals surface area (Å²) in [5, 5.41) is 11.1. The second kappa shape index (κ2) is 7.02. The predicted octanol–water partition coefficient (Wildman–Crippen LogP) is 2.51. The Morgan fingerprint density at radius 3 is 2.61 bits per heavy atom. The van der Waals surface area contributed by atoms with Crippen molar-refractivity contribution < 1.29 is 18.1 Å². The molecular weight excluding hydrogens is 402 g/mol. The van der Waals surface area contributed by atoms with Gasteiger partial charge in [0.2, 0.25) is 0 Å². The monoisotopic (exact) mass is 417 g/mol. The zero-order chi connectivity index (χ0) is 19.9. The first-order valence-electron chi connectivity index (χ1n) is 8.43. The number of para-hydroxylation sites is 1. The quantitative estimate of drug-likeness (QED) is 0.557. The van der Waals surface area contributed by atoms with Crippen LogP contribution in [0.25, 0.3) is 0 Å². The number of carbonyl (C=O) groups excluding carboxylic acids is 1. The van der Waals surface area contributed by atoms with E-state index in [4.69, 9.17) is 0 Å². The molecule has 0 N–H and O–H groups in total. The Hall–Kier alpha value is -2.72. The fraction of sp³-hybridized carbons (Fsp3) is 0.222. The van der Waals surface area contributed by atoms with Gasteiger partial charge in [0, 0.05) is 28.6 Å². The highest BCUT2D eigenvalue weighted by atomic mass is 32.2. The van der Waals surface area contributed by atoms with E-state index in [0.29, 0.717) is 5.17 Å². The SMILES string of the molecule is O=C(N=C1S[C@@H]2CS(=O)(=O)C[C@@H]2N1c1ccccc1)c1cccc([N+](=O)[O-])c1. The maximum Gasteiger partial charge on any atom is 0.279 e. The van der Waals surface area contributed by atoms with Crippen LogP contribution in [-0.2, 0) is 9.84 Å². The summed E-state index contributed by atoms with van der Waals surface area (Å²) in [7, 11) is -3.14. The number of thioether (sulfide) groups is 1. The number of nitro groups is 1. The van der Waals surface area contributed by atoms with Crippen LogP contribution < -0.4 is 4.90 Å². The Labute approximate surface area is 165 Å². The fourth-order valence-corrected chi connectivity index (χ4v) is 7.27. The first-order chi connectivity index (χ1) is 13.3. The first-order valence-corrected chi connectivity index (χ1v) is 11.1. The van der Waals surface area contributed by atoms with E-state index in [0.717, 1.165) is 5.69 Å². The van der Waals surface area contributed by atoms with E-state index in [2.05, 4.69) is 4.99 Å². The van der Waals surface area contributed by atoms with Crippen LogP contribution in [0.4, 0.5) is 11.4 Å². The molecule has 1 amide bonds. The van der Waals surface area contributed by atoms with E-state index in [-0.39, 0.29) is 34.0 Å². The number of carbonyl (C=O) groups is 1. The molecule has 2 heterocycles. The molecule has 2 saturated heterocycles. The zero-order valence-corrected chi connectivity index (χ0v) is 16.1. The number of amidine groups is 1. The normalized spacial score (nSPS) is 24.3. The molecule has 2 aromatic carbocycles. The van der Waals surface area contributed by atoms with Crippen LogP contribution in [0.15, 0.2) is 59.6 Å². The highest BCUT2D eigenvalue weighted by Gasteiger charge is 2.49. The largest absolute Gasteiger partial charge is 0.316 e. The van der Waals surface area contributed by atoms with Gasteiger partial charge in [-0.25, -0.2) is 8.42 Å². The Bertz CT molecular complexity index is 1090. The van der Waals surface area contributed by atoms with E-state index < -0.39 is 20.7 Å². The number of nitrogens with zero attached hydrogens (tertiary/aromatic N) is 3. The van der Waals surface area contributed by atoms with Crippen LogP contribution >= 0.6 is 11.8 Å².